The summed E-state index contributed by atoms with van der Waals surface area (Å²) in [5.41, 5.74) is -0.00637. The molecule has 10 heteroatoms. The Balaban J connectivity index is 2.63. The van der Waals surface area contributed by atoms with Crippen molar-refractivity contribution in [1.29, 1.82) is 0 Å². The maximum absolute atomic E-state index is 11.6. The van der Waals surface area contributed by atoms with Gasteiger partial charge in [-0.05, 0) is 6.07 Å². The predicted octanol–water partition coefficient (Wildman–Crippen LogP) is 0.107. The number of nitrogens with one attached hydrogen (secondary N) is 2. The fraction of sp³-hybridized carbons (Fsp3) is 0.444. The second-order valence-corrected chi connectivity index (χ2v) is 8.72. The van der Waals surface area contributed by atoms with Gasteiger partial charge in [0.05, 0.1) is 5.75 Å². The monoisotopic (exact) mass is 328 g/mol. The fourth-order valence-electron chi connectivity index (χ4n) is 1.21. The molecule has 1 aromatic rings. The molecule has 0 bridgehead atoms. The molecule has 0 saturated carbocycles. The molecule has 1 rings (SSSR count). The first-order valence-electron chi connectivity index (χ1n) is 5.27. The van der Waals surface area contributed by atoms with Crippen molar-refractivity contribution in [3.63, 3.8) is 0 Å². The van der Waals surface area contributed by atoms with Crippen LogP contribution in [0.2, 0.25) is 0 Å². The molecular formula is C9H13ClN2O5S2. The van der Waals surface area contributed by atoms with Gasteiger partial charge in [-0.25, -0.2) is 16.8 Å². The molecule has 0 aliphatic rings. The van der Waals surface area contributed by atoms with Crippen LogP contribution in [0, 0.1) is 0 Å². The van der Waals surface area contributed by atoms with Crippen molar-refractivity contribution >= 4 is 35.5 Å². The molecule has 19 heavy (non-hydrogen) atoms. The molecule has 0 saturated heterocycles. The van der Waals surface area contributed by atoms with E-state index in [2.05, 4.69) is 10.3 Å². The molecule has 0 atom stereocenters. The highest BCUT2D eigenvalue weighted by Gasteiger charge is 2.16. The van der Waals surface area contributed by atoms with Crippen LogP contribution >= 0.6 is 10.7 Å². The summed E-state index contributed by atoms with van der Waals surface area (Å²) < 4.78 is 44.4. The Kier molecular flexibility index (Phi) is 4.99. The summed E-state index contributed by atoms with van der Waals surface area (Å²) in [4.78, 5) is 13.8. The number of H-pyrrole nitrogens is 1. The minimum absolute atomic E-state index is 0.0000121. The predicted molar refractivity (Wildman–Crippen MR) is 70.5 cm³/mol. The van der Waals surface area contributed by atoms with E-state index in [1.165, 1.54) is 6.92 Å². The first kappa shape index (κ1) is 16.0. The van der Waals surface area contributed by atoms with Crippen LogP contribution in [0.5, 0.6) is 0 Å². The number of sulfone groups is 1. The molecule has 0 fully saturated rings. The molecule has 0 aliphatic carbocycles. The average Bonchev–Trinajstić information content (AvgIpc) is 2.77. The summed E-state index contributed by atoms with van der Waals surface area (Å²) in [7, 11) is -1.95. The summed E-state index contributed by atoms with van der Waals surface area (Å²) in [6.45, 7) is 1.47. The van der Waals surface area contributed by atoms with Gasteiger partial charge in [0.1, 0.15) is 10.6 Å². The molecule has 0 spiro atoms. The lowest BCUT2D eigenvalue weighted by Gasteiger charge is -2.03. The molecule has 7 nitrogen and oxygen atoms in total. The normalized spacial score (nSPS) is 12.3. The smallest absolute Gasteiger partial charge is 0.267 e. The zero-order chi connectivity index (χ0) is 14.7. The summed E-state index contributed by atoms with van der Waals surface area (Å²) in [6.07, 6.45) is 1.08. The number of aromatic nitrogens is 1. The zero-order valence-electron chi connectivity index (χ0n) is 10.0. The molecule has 0 unspecified atom stereocenters. The Morgan fingerprint density at radius 1 is 1.37 bits per heavy atom. The third-order valence-electron chi connectivity index (χ3n) is 2.32. The molecule has 0 aliphatic heterocycles. The fourth-order valence-corrected chi connectivity index (χ4v) is 2.63. The second kappa shape index (κ2) is 5.93. The summed E-state index contributed by atoms with van der Waals surface area (Å²) in [6, 6.07) is 1.08. The quantitative estimate of drug-likeness (QED) is 0.719. The number of carbonyl (C=O) groups excluding carboxylic acids is 1. The van der Waals surface area contributed by atoms with Crippen LogP contribution in [-0.2, 0) is 18.9 Å². The Labute approximate surface area is 115 Å². The zero-order valence-corrected chi connectivity index (χ0v) is 12.4. The van der Waals surface area contributed by atoms with Crippen LogP contribution in [0.4, 0.5) is 0 Å². The van der Waals surface area contributed by atoms with Crippen molar-refractivity contribution in [2.24, 2.45) is 0 Å². The third kappa shape index (κ3) is 4.84. The largest absolute Gasteiger partial charge is 0.356 e. The van der Waals surface area contributed by atoms with Crippen molar-refractivity contribution in [3.05, 3.63) is 18.0 Å². The number of amides is 1. The van der Waals surface area contributed by atoms with Gasteiger partial charge in [0.25, 0.3) is 15.0 Å². The van der Waals surface area contributed by atoms with Gasteiger partial charge < -0.3 is 10.3 Å². The SMILES string of the molecule is CCS(=O)(=O)CCNC(=O)c1cc(S(=O)(=O)Cl)c[nH]1. The van der Waals surface area contributed by atoms with Crippen molar-refractivity contribution in [2.75, 3.05) is 18.1 Å². The highest BCUT2D eigenvalue weighted by Crippen LogP contribution is 2.15. The van der Waals surface area contributed by atoms with Crippen molar-refractivity contribution in [3.8, 4) is 0 Å². The Bertz CT molecular complexity index is 663. The molecule has 0 aromatic carbocycles. The van der Waals surface area contributed by atoms with E-state index in [0.29, 0.717) is 0 Å². The number of halogens is 1. The van der Waals surface area contributed by atoms with Crippen LogP contribution in [0.25, 0.3) is 0 Å². The lowest BCUT2D eigenvalue weighted by molar-refractivity contribution is 0.0951. The highest BCUT2D eigenvalue weighted by molar-refractivity contribution is 8.13. The molecule has 1 aromatic heterocycles. The van der Waals surface area contributed by atoms with Crippen LogP contribution in [0.15, 0.2) is 17.2 Å². The van der Waals surface area contributed by atoms with E-state index in [1.807, 2.05) is 0 Å². The number of aromatic amines is 1. The van der Waals surface area contributed by atoms with Crippen LogP contribution in [-0.4, -0.2) is 45.8 Å². The molecule has 1 amide bonds. The van der Waals surface area contributed by atoms with E-state index in [-0.39, 0.29) is 28.6 Å². The number of rotatable bonds is 6. The van der Waals surface area contributed by atoms with Gasteiger partial charge in [0.2, 0.25) is 0 Å². The first-order valence-corrected chi connectivity index (χ1v) is 9.40. The van der Waals surface area contributed by atoms with Crippen LogP contribution < -0.4 is 5.32 Å². The lowest BCUT2D eigenvalue weighted by atomic mass is 10.4. The number of hydrogen-bond donors (Lipinski definition) is 2. The molecule has 2 N–H and O–H groups in total. The standard InChI is InChI=1S/C9H13ClN2O5S2/c1-2-18(14,15)4-3-11-9(13)8-5-7(6-12-8)19(10,16)17/h5-6,12H,2-4H2,1H3,(H,11,13). The van der Waals surface area contributed by atoms with Gasteiger partial charge in [-0.15, -0.1) is 0 Å². The van der Waals surface area contributed by atoms with E-state index in [0.717, 1.165) is 12.3 Å². The Hall–Kier alpha value is -1.06. The van der Waals surface area contributed by atoms with E-state index in [4.69, 9.17) is 10.7 Å². The minimum Gasteiger partial charge on any atom is -0.356 e. The summed E-state index contributed by atoms with van der Waals surface area (Å²) in [5, 5.41) is 2.37. The first-order chi connectivity index (χ1) is 8.65. The van der Waals surface area contributed by atoms with E-state index >= 15 is 0 Å². The molecule has 1 heterocycles. The highest BCUT2D eigenvalue weighted by atomic mass is 35.7. The summed E-state index contributed by atoms with van der Waals surface area (Å²) in [5.74, 6) is -0.769. The van der Waals surface area contributed by atoms with E-state index in [9.17, 15) is 21.6 Å². The van der Waals surface area contributed by atoms with Crippen molar-refractivity contribution in [2.45, 2.75) is 11.8 Å². The Morgan fingerprint density at radius 2 is 2.00 bits per heavy atom. The maximum atomic E-state index is 11.6. The average molecular weight is 329 g/mol. The molecular weight excluding hydrogens is 316 g/mol. The van der Waals surface area contributed by atoms with Crippen LogP contribution in [0.1, 0.15) is 17.4 Å². The van der Waals surface area contributed by atoms with Crippen molar-refractivity contribution < 1.29 is 21.6 Å². The van der Waals surface area contributed by atoms with Gasteiger partial charge >= 0.3 is 0 Å². The van der Waals surface area contributed by atoms with Gasteiger partial charge in [0.15, 0.2) is 9.84 Å². The van der Waals surface area contributed by atoms with Crippen molar-refractivity contribution in [1.82, 2.24) is 10.3 Å². The maximum Gasteiger partial charge on any atom is 0.267 e. The topological polar surface area (TPSA) is 113 Å². The molecule has 108 valence electrons. The second-order valence-electron chi connectivity index (χ2n) is 3.68. The minimum atomic E-state index is -3.90. The lowest BCUT2D eigenvalue weighted by Crippen LogP contribution is -2.29. The number of carbonyl (C=O) groups is 1. The van der Waals surface area contributed by atoms with Gasteiger partial charge in [0, 0.05) is 29.2 Å². The van der Waals surface area contributed by atoms with E-state index in [1.54, 1.807) is 0 Å². The number of hydrogen-bond acceptors (Lipinski definition) is 5. The Morgan fingerprint density at radius 3 is 2.47 bits per heavy atom. The van der Waals surface area contributed by atoms with Gasteiger partial charge in [-0.3, -0.25) is 4.79 Å². The van der Waals surface area contributed by atoms with Crippen LogP contribution in [0.3, 0.4) is 0 Å². The van der Waals surface area contributed by atoms with Gasteiger partial charge in [-0.2, -0.15) is 0 Å². The summed E-state index contributed by atoms with van der Waals surface area (Å²) >= 11 is 0. The van der Waals surface area contributed by atoms with Gasteiger partial charge in [-0.1, -0.05) is 6.92 Å². The third-order valence-corrected chi connectivity index (χ3v) is 5.36. The van der Waals surface area contributed by atoms with E-state index < -0.39 is 24.8 Å². The molecule has 0 radical (unpaired) electrons.